The first-order valence-corrected chi connectivity index (χ1v) is 6.25. The molecule has 0 aliphatic rings. The lowest BCUT2D eigenvalue weighted by atomic mass is 10.1. The average Bonchev–Trinajstić information content (AvgIpc) is 2.37. The molecule has 0 atom stereocenters. The number of methoxy groups -OCH3 is 1. The number of rotatable bonds is 3. The van der Waals surface area contributed by atoms with Crippen molar-refractivity contribution in [3.63, 3.8) is 0 Å². The van der Waals surface area contributed by atoms with Gasteiger partial charge in [-0.25, -0.2) is 4.79 Å². The van der Waals surface area contributed by atoms with Crippen molar-refractivity contribution in [2.24, 2.45) is 0 Å². The number of amides is 1. The molecule has 0 aromatic heterocycles. The Labute approximate surface area is 126 Å². The van der Waals surface area contributed by atoms with E-state index in [0.717, 1.165) is 0 Å². The molecule has 1 amide bonds. The van der Waals surface area contributed by atoms with Crippen molar-refractivity contribution < 1.29 is 27.5 Å². The number of hydrogen-bond acceptors (Lipinski definition) is 3. The van der Waals surface area contributed by atoms with Crippen LogP contribution in [0.5, 0.6) is 0 Å². The molecule has 4 nitrogen and oxygen atoms in total. The Kier molecular flexibility index (Phi) is 5.54. The number of esters is 1. The highest BCUT2D eigenvalue weighted by Crippen LogP contribution is 2.18. The molecule has 8 heteroatoms. The predicted molar refractivity (Wildman–Crippen MR) is 74.0 cm³/mol. The number of benzene rings is 1. The Morgan fingerprint density at radius 2 is 1.80 bits per heavy atom. The van der Waals surface area contributed by atoms with Gasteiger partial charge in [-0.3, -0.25) is 4.79 Å². The van der Waals surface area contributed by atoms with Crippen LogP contribution in [0.4, 0.5) is 13.2 Å². The van der Waals surface area contributed by atoms with E-state index in [-0.39, 0.29) is 3.70 Å². The summed E-state index contributed by atoms with van der Waals surface area (Å²) < 4.78 is 40.6. The normalized spacial score (nSPS) is 11.9. The van der Waals surface area contributed by atoms with Crippen LogP contribution in [0, 0.1) is 0 Å². The smallest absolute Gasteiger partial charge is 0.465 e. The van der Waals surface area contributed by atoms with Crippen molar-refractivity contribution in [2.45, 2.75) is 6.18 Å². The van der Waals surface area contributed by atoms with E-state index in [4.69, 9.17) is 0 Å². The van der Waals surface area contributed by atoms with Crippen molar-refractivity contribution in [3.05, 3.63) is 39.1 Å². The molecule has 0 aliphatic carbocycles. The molecule has 0 heterocycles. The second-order valence-electron chi connectivity index (χ2n) is 3.56. The van der Waals surface area contributed by atoms with Gasteiger partial charge >= 0.3 is 18.1 Å². The van der Waals surface area contributed by atoms with Crippen LogP contribution >= 0.6 is 22.6 Å². The molecule has 0 spiro atoms. The van der Waals surface area contributed by atoms with Crippen LogP contribution in [0.15, 0.2) is 28.0 Å². The molecule has 0 bridgehead atoms. The van der Waals surface area contributed by atoms with E-state index >= 15 is 0 Å². The fourth-order valence-electron chi connectivity index (χ4n) is 1.20. The van der Waals surface area contributed by atoms with Crippen molar-refractivity contribution in [1.82, 2.24) is 5.32 Å². The summed E-state index contributed by atoms with van der Waals surface area (Å²) in [5.41, 5.74) is 0.850. The number of carbonyl (C=O) groups is 2. The number of halogens is 4. The lowest BCUT2D eigenvalue weighted by molar-refractivity contribution is -0.172. The van der Waals surface area contributed by atoms with Crippen molar-refractivity contribution in [1.29, 1.82) is 0 Å². The monoisotopic (exact) mass is 399 g/mol. The third kappa shape index (κ3) is 4.83. The zero-order chi connectivity index (χ0) is 15.3. The van der Waals surface area contributed by atoms with E-state index in [0.29, 0.717) is 11.1 Å². The van der Waals surface area contributed by atoms with Gasteiger partial charge in [-0.2, -0.15) is 13.2 Å². The molecule has 1 aromatic rings. The Morgan fingerprint density at radius 1 is 1.25 bits per heavy atom. The van der Waals surface area contributed by atoms with Crippen molar-refractivity contribution >= 4 is 40.5 Å². The zero-order valence-corrected chi connectivity index (χ0v) is 12.3. The molecule has 0 saturated carbocycles. The Hall–Kier alpha value is -1.58. The second-order valence-corrected chi connectivity index (χ2v) is 4.72. The molecule has 0 radical (unpaired) electrons. The first-order valence-electron chi connectivity index (χ1n) is 5.18. The topological polar surface area (TPSA) is 55.4 Å². The minimum atomic E-state index is -4.93. The van der Waals surface area contributed by atoms with Gasteiger partial charge in [0.25, 0.3) is 0 Å². The Balaban J connectivity index is 2.79. The summed E-state index contributed by atoms with van der Waals surface area (Å²) in [7, 11) is 1.24. The van der Waals surface area contributed by atoms with Crippen LogP contribution < -0.4 is 5.32 Å². The highest BCUT2D eigenvalue weighted by molar-refractivity contribution is 14.1. The summed E-state index contributed by atoms with van der Waals surface area (Å²) in [6, 6.07) is 5.97. The number of nitrogens with one attached hydrogen (secondary N) is 1. The van der Waals surface area contributed by atoms with Crippen molar-refractivity contribution in [3.8, 4) is 0 Å². The molecule has 0 unspecified atom stereocenters. The molecule has 1 rings (SSSR count). The van der Waals surface area contributed by atoms with Gasteiger partial charge in [-0.15, -0.1) is 0 Å². The van der Waals surface area contributed by atoms with Crippen molar-refractivity contribution in [2.75, 3.05) is 7.11 Å². The van der Waals surface area contributed by atoms with E-state index < -0.39 is 18.1 Å². The molecule has 108 valence electrons. The minimum Gasteiger partial charge on any atom is -0.465 e. The maximum Gasteiger partial charge on any atom is 0.471 e. The average molecular weight is 399 g/mol. The lowest BCUT2D eigenvalue weighted by Gasteiger charge is -2.07. The molecular weight excluding hydrogens is 390 g/mol. The SMILES string of the molecule is COC(=O)c1ccc(C=C(I)NC(=O)C(F)(F)F)cc1. The standard InChI is InChI=1S/C12H9F3INO3/c1-20-10(18)8-4-2-7(3-5-8)6-9(16)17-11(19)12(13,14)15/h2-6H,1H3,(H,17,19). The molecule has 1 N–H and O–H groups in total. The minimum absolute atomic E-state index is 0.00995. The van der Waals surface area contributed by atoms with Gasteiger partial charge < -0.3 is 10.1 Å². The van der Waals surface area contributed by atoms with Crippen LogP contribution in [-0.2, 0) is 9.53 Å². The van der Waals surface area contributed by atoms with Crippen LogP contribution in [-0.4, -0.2) is 25.2 Å². The number of hydrogen-bond donors (Lipinski definition) is 1. The van der Waals surface area contributed by atoms with Gasteiger partial charge in [0.2, 0.25) is 0 Å². The largest absolute Gasteiger partial charge is 0.471 e. The molecule has 0 saturated heterocycles. The highest BCUT2D eigenvalue weighted by Gasteiger charge is 2.38. The van der Waals surface area contributed by atoms with Crippen LogP contribution in [0.2, 0.25) is 0 Å². The van der Waals surface area contributed by atoms with E-state index in [1.54, 1.807) is 27.9 Å². The Morgan fingerprint density at radius 3 is 2.25 bits per heavy atom. The molecule has 1 aromatic carbocycles. The van der Waals surface area contributed by atoms with Gasteiger partial charge in [0, 0.05) is 0 Å². The summed E-state index contributed by atoms with van der Waals surface area (Å²) in [4.78, 5) is 21.9. The van der Waals surface area contributed by atoms with Gasteiger partial charge in [-0.05, 0) is 46.4 Å². The fourth-order valence-corrected chi connectivity index (χ4v) is 1.80. The first-order chi connectivity index (χ1) is 9.24. The lowest BCUT2D eigenvalue weighted by Crippen LogP contribution is -2.34. The fraction of sp³-hybridized carbons (Fsp3) is 0.167. The third-order valence-corrected chi connectivity index (χ3v) is 2.70. The number of carbonyl (C=O) groups excluding carboxylic acids is 2. The quantitative estimate of drug-likeness (QED) is 0.483. The summed E-state index contributed by atoms with van der Waals surface area (Å²) >= 11 is 1.57. The Bertz CT molecular complexity index is 538. The molecule has 0 fully saturated rings. The molecule has 0 aliphatic heterocycles. The predicted octanol–water partition coefficient (Wildman–Crippen LogP) is 2.89. The summed E-state index contributed by atoms with van der Waals surface area (Å²) in [5, 5.41) is 1.71. The summed E-state index contributed by atoms with van der Waals surface area (Å²) in [5.74, 6) is -2.55. The van der Waals surface area contributed by atoms with E-state index in [9.17, 15) is 22.8 Å². The van der Waals surface area contributed by atoms with Gasteiger partial charge in [-0.1, -0.05) is 12.1 Å². The van der Waals surface area contributed by atoms with Crippen LogP contribution in [0.1, 0.15) is 15.9 Å². The zero-order valence-electron chi connectivity index (χ0n) is 10.1. The van der Waals surface area contributed by atoms with E-state index in [2.05, 4.69) is 4.74 Å². The number of alkyl halides is 3. The maximum atomic E-state index is 12.0. The number of ether oxygens (including phenoxy) is 1. The maximum absolute atomic E-state index is 12.0. The second kappa shape index (κ2) is 6.73. The van der Waals surface area contributed by atoms with E-state index in [1.807, 2.05) is 0 Å². The highest BCUT2D eigenvalue weighted by atomic mass is 127. The van der Waals surface area contributed by atoms with Gasteiger partial charge in [0.1, 0.15) is 0 Å². The van der Waals surface area contributed by atoms with E-state index in [1.165, 1.54) is 37.5 Å². The first kappa shape index (κ1) is 16.5. The molecular formula is C12H9F3INO3. The van der Waals surface area contributed by atoms with Crippen LogP contribution in [0.25, 0.3) is 6.08 Å². The third-order valence-electron chi connectivity index (χ3n) is 2.12. The molecule has 20 heavy (non-hydrogen) atoms. The van der Waals surface area contributed by atoms with Gasteiger partial charge in [0.15, 0.2) is 0 Å². The van der Waals surface area contributed by atoms with Crippen LogP contribution in [0.3, 0.4) is 0 Å². The summed E-state index contributed by atoms with van der Waals surface area (Å²) in [6.07, 6.45) is -3.59. The van der Waals surface area contributed by atoms with Gasteiger partial charge in [0.05, 0.1) is 16.4 Å². The summed E-state index contributed by atoms with van der Waals surface area (Å²) in [6.45, 7) is 0.